The third-order valence-corrected chi connectivity index (χ3v) is 2.15. The summed E-state index contributed by atoms with van der Waals surface area (Å²) >= 11 is 0. The minimum absolute atomic E-state index is 0.204. The van der Waals surface area contributed by atoms with Gasteiger partial charge in [-0.05, 0) is 26.0 Å². The topological polar surface area (TPSA) is 67.8 Å². The Morgan fingerprint density at radius 2 is 1.89 bits per heavy atom. The number of hydrogen-bond donors (Lipinski definition) is 1. The summed E-state index contributed by atoms with van der Waals surface area (Å²) in [6.45, 7) is 5.11. The highest BCUT2D eigenvalue weighted by atomic mass is 16.5. The monoisotopic (exact) mass is 248 g/mol. The number of Topliss-reactive ketones (excluding diaryl/α,β-unsaturated/α-hetero) is 1. The fourth-order valence-corrected chi connectivity index (χ4v) is 1.22. The number of hydrogen-bond acceptors (Lipinski definition) is 5. The van der Waals surface area contributed by atoms with Crippen molar-refractivity contribution in [2.75, 3.05) is 12.0 Å². The molecule has 0 aliphatic carbocycles. The lowest BCUT2D eigenvalue weighted by Gasteiger charge is -2.04. The van der Waals surface area contributed by atoms with E-state index in [9.17, 15) is 9.59 Å². The summed E-state index contributed by atoms with van der Waals surface area (Å²) in [7, 11) is 0. The van der Waals surface area contributed by atoms with Crippen LogP contribution in [0, 0.1) is 6.92 Å². The lowest BCUT2D eigenvalue weighted by Crippen LogP contribution is -2.25. The molecule has 0 bridgehead atoms. The number of carbonyl (C=O) groups excluding carboxylic acids is 2. The molecule has 0 fully saturated rings. The number of nitrogens with zero attached hydrogens (tertiary/aromatic N) is 1. The van der Waals surface area contributed by atoms with E-state index in [1.807, 2.05) is 31.2 Å². The van der Waals surface area contributed by atoms with Crippen molar-refractivity contribution >= 4 is 23.2 Å². The van der Waals surface area contributed by atoms with Crippen LogP contribution >= 0.6 is 0 Å². The first-order valence-corrected chi connectivity index (χ1v) is 5.63. The summed E-state index contributed by atoms with van der Waals surface area (Å²) in [6, 6.07) is 7.41. The highest BCUT2D eigenvalue weighted by Gasteiger charge is 2.17. The van der Waals surface area contributed by atoms with Crippen LogP contribution in [0.5, 0.6) is 0 Å². The molecule has 0 radical (unpaired) electrons. The lowest BCUT2D eigenvalue weighted by molar-refractivity contribution is -0.135. The second-order valence-electron chi connectivity index (χ2n) is 3.71. The molecule has 0 aliphatic rings. The summed E-state index contributed by atoms with van der Waals surface area (Å²) in [6.07, 6.45) is 0. The molecule has 96 valence electrons. The van der Waals surface area contributed by atoms with E-state index in [1.54, 1.807) is 6.92 Å². The van der Waals surface area contributed by atoms with E-state index in [2.05, 4.69) is 10.5 Å². The SMILES string of the molecule is CCOC(=O)C(=NNc1ccc(C)cc1)C(C)=O. The fraction of sp³-hybridized carbons (Fsp3) is 0.308. The van der Waals surface area contributed by atoms with Gasteiger partial charge in [-0.2, -0.15) is 5.10 Å². The Bertz CT molecular complexity index is 464. The molecular formula is C13H16N2O3. The molecule has 0 saturated carbocycles. The van der Waals surface area contributed by atoms with Crippen LogP contribution in [0.15, 0.2) is 29.4 Å². The van der Waals surface area contributed by atoms with E-state index >= 15 is 0 Å². The van der Waals surface area contributed by atoms with Gasteiger partial charge < -0.3 is 4.74 Å². The van der Waals surface area contributed by atoms with Crippen molar-refractivity contribution in [2.45, 2.75) is 20.8 Å². The highest BCUT2D eigenvalue weighted by molar-refractivity contribution is 6.64. The standard InChI is InChI=1S/C13H16N2O3/c1-4-18-13(17)12(10(3)16)15-14-11-7-5-9(2)6-8-11/h5-8,14H,4H2,1-3H3. The van der Waals surface area contributed by atoms with Gasteiger partial charge in [-0.25, -0.2) is 4.79 Å². The fourth-order valence-electron chi connectivity index (χ4n) is 1.22. The average Bonchev–Trinajstić information content (AvgIpc) is 2.31. The first kappa shape index (κ1) is 13.9. The second kappa shape index (κ2) is 6.54. The molecule has 1 rings (SSSR count). The number of rotatable bonds is 5. The van der Waals surface area contributed by atoms with E-state index in [4.69, 9.17) is 4.74 Å². The molecule has 0 aromatic heterocycles. The van der Waals surface area contributed by atoms with Crippen LogP contribution < -0.4 is 5.43 Å². The molecular weight excluding hydrogens is 232 g/mol. The molecule has 1 aromatic carbocycles. The quantitative estimate of drug-likeness (QED) is 0.374. The Morgan fingerprint density at radius 1 is 1.28 bits per heavy atom. The van der Waals surface area contributed by atoms with Gasteiger partial charge >= 0.3 is 5.97 Å². The molecule has 0 unspecified atom stereocenters. The molecule has 1 N–H and O–H groups in total. The van der Waals surface area contributed by atoms with E-state index in [1.165, 1.54) is 6.92 Å². The van der Waals surface area contributed by atoms with E-state index in [-0.39, 0.29) is 12.3 Å². The van der Waals surface area contributed by atoms with Crippen LogP contribution in [-0.4, -0.2) is 24.1 Å². The van der Waals surface area contributed by atoms with E-state index < -0.39 is 11.8 Å². The molecule has 0 heterocycles. The Hall–Kier alpha value is -2.17. The first-order chi connectivity index (χ1) is 8.54. The van der Waals surface area contributed by atoms with Crippen LogP contribution in [0.1, 0.15) is 19.4 Å². The van der Waals surface area contributed by atoms with E-state index in [0.717, 1.165) is 5.56 Å². The van der Waals surface area contributed by atoms with Gasteiger partial charge in [-0.1, -0.05) is 17.7 Å². The van der Waals surface area contributed by atoms with Crippen molar-refractivity contribution in [3.05, 3.63) is 29.8 Å². The number of ketones is 1. The minimum Gasteiger partial charge on any atom is -0.461 e. The van der Waals surface area contributed by atoms with Gasteiger partial charge in [0.05, 0.1) is 12.3 Å². The van der Waals surface area contributed by atoms with Gasteiger partial charge in [0.25, 0.3) is 0 Å². The lowest BCUT2D eigenvalue weighted by atomic mass is 10.2. The first-order valence-electron chi connectivity index (χ1n) is 5.63. The number of nitrogens with one attached hydrogen (secondary N) is 1. The molecule has 0 atom stereocenters. The summed E-state index contributed by atoms with van der Waals surface area (Å²) in [4.78, 5) is 22.7. The third kappa shape index (κ3) is 4.01. The molecule has 0 aliphatic heterocycles. The maximum atomic E-state index is 11.4. The molecule has 1 aromatic rings. The van der Waals surface area contributed by atoms with Crippen molar-refractivity contribution in [2.24, 2.45) is 5.10 Å². The number of esters is 1. The van der Waals surface area contributed by atoms with Crippen LogP contribution in [0.3, 0.4) is 0 Å². The number of carbonyl (C=O) groups is 2. The van der Waals surface area contributed by atoms with Crippen LogP contribution in [-0.2, 0) is 14.3 Å². The molecule has 0 saturated heterocycles. The predicted octanol–water partition coefficient (Wildman–Crippen LogP) is 1.92. The third-order valence-electron chi connectivity index (χ3n) is 2.15. The van der Waals surface area contributed by atoms with Gasteiger partial charge in [0.1, 0.15) is 0 Å². The Balaban J connectivity index is 2.80. The van der Waals surface area contributed by atoms with Gasteiger partial charge in [0.15, 0.2) is 5.78 Å². The summed E-state index contributed by atoms with van der Waals surface area (Å²) in [5.74, 6) is -1.15. The van der Waals surface area contributed by atoms with Gasteiger partial charge in [0, 0.05) is 6.92 Å². The molecule has 0 spiro atoms. The normalized spacial score (nSPS) is 10.9. The number of aryl methyl sites for hydroxylation is 1. The molecule has 5 nitrogen and oxygen atoms in total. The number of benzene rings is 1. The van der Waals surface area contributed by atoms with E-state index in [0.29, 0.717) is 5.69 Å². The van der Waals surface area contributed by atoms with Crippen LogP contribution in [0.2, 0.25) is 0 Å². The summed E-state index contributed by atoms with van der Waals surface area (Å²) in [5.41, 5.74) is 4.23. The maximum Gasteiger partial charge on any atom is 0.362 e. The van der Waals surface area contributed by atoms with Crippen LogP contribution in [0.4, 0.5) is 5.69 Å². The van der Waals surface area contributed by atoms with Crippen molar-refractivity contribution in [3.8, 4) is 0 Å². The van der Waals surface area contributed by atoms with Crippen molar-refractivity contribution in [1.29, 1.82) is 0 Å². The van der Waals surface area contributed by atoms with Gasteiger partial charge in [-0.15, -0.1) is 0 Å². The van der Waals surface area contributed by atoms with Gasteiger partial charge in [-0.3, -0.25) is 10.2 Å². The largest absolute Gasteiger partial charge is 0.461 e. The zero-order chi connectivity index (χ0) is 13.5. The Labute approximate surface area is 106 Å². The summed E-state index contributed by atoms with van der Waals surface area (Å²) in [5, 5.41) is 3.78. The molecule has 18 heavy (non-hydrogen) atoms. The molecule has 0 amide bonds. The van der Waals surface area contributed by atoms with Gasteiger partial charge in [0.2, 0.25) is 5.71 Å². The minimum atomic E-state index is -0.718. The van der Waals surface area contributed by atoms with Crippen molar-refractivity contribution in [1.82, 2.24) is 0 Å². The number of hydrazone groups is 1. The van der Waals surface area contributed by atoms with Crippen LogP contribution in [0.25, 0.3) is 0 Å². The smallest absolute Gasteiger partial charge is 0.362 e. The van der Waals surface area contributed by atoms with Crippen molar-refractivity contribution < 1.29 is 14.3 Å². The molecule has 5 heteroatoms. The average molecular weight is 248 g/mol. The second-order valence-corrected chi connectivity index (χ2v) is 3.71. The summed E-state index contributed by atoms with van der Waals surface area (Å²) < 4.78 is 4.74. The predicted molar refractivity (Wildman–Crippen MR) is 69.6 cm³/mol. The maximum absolute atomic E-state index is 11.4. The zero-order valence-electron chi connectivity index (χ0n) is 10.7. The highest BCUT2D eigenvalue weighted by Crippen LogP contribution is 2.08. The Kier molecular flexibility index (Phi) is 5.05. The number of ether oxygens (including phenoxy) is 1. The number of anilines is 1. The van der Waals surface area contributed by atoms with Crippen molar-refractivity contribution in [3.63, 3.8) is 0 Å². The zero-order valence-corrected chi connectivity index (χ0v) is 10.7. The Morgan fingerprint density at radius 3 is 2.39 bits per heavy atom.